The Balaban J connectivity index is 1.44. The van der Waals surface area contributed by atoms with Crippen molar-refractivity contribution in [3.8, 4) is 5.88 Å². The lowest BCUT2D eigenvalue weighted by Gasteiger charge is -2.24. The maximum Gasteiger partial charge on any atom is 0.410 e. The van der Waals surface area contributed by atoms with E-state index in [2.05, 4.69) is 42.6 Å². The third-order valence-electron chi connectivity index (χ3n) is 6.20. The average molecular weight is 617 g/mol. The van der Waals surface area contributed by atoms with Crippen LogP contribution in [0, 0.1) is 6.92 Å². The number of methoxy groups -OCH3 is 1. The van der Waals surface area contributed by atoms with Crippen molar-refractivity contribution < 1.29 is 19.1 Å². The minimum Gasteiger partial charge on any atom is -0.480 e. The zero-order chi connectivity index (χ0) is 28.3. The molecule has 2 amide bonds. The molecule has 1 saturated heterocycles. The van der Waals surface area contributed by atoms with Crippen LogP contribution in [0.5, 0.6) is 5.88 Å². The van der Waals surface area contributed by atoms with Gasteiger partial charge in [0.05, 0.1) is 17.8 Å². The van der Waals surface area contributed by atoms with Gasteiger partial charge in [0, 0.05) is 35.4 Å². The molecule has 0 spiro atoms. The van der Waals surface area contributed by atoms with E-state index in [-0.39, 0.29) is 29.4 Å². The molecule has 0 radical (unpaired) electrons. The number of para-hydroxylation sites is 1. The van der Waals surface area contributed by atoms with Gasteiger partial charge in [-0.2, -0.15) is 4.98 Å². The number of nitrogens with one attached hydrogen (secondary N) is 2. The summed E-state index contributed by atoms with van der Waals surface area (Å²) in [5, 5.41) is 6.34. The van der Waals surface area contributed by atoms with E-state index in [0.29, 0.717) is 28.3 Å². The SMILES string of the molecule is COc1nc(Nc2ccc(C3CCN(C(=O)OC(C)(C)C)C3)c(C)c2)ncc1C(=O)Nc1c(Cl)cccc1Br. The Morgan fingerprint density at radius 1 is 1.21 bits per heavy atom. The molecule has 1 fully saturated rings. The minimum atomic E-state index is -0.516. The molecule has 1 aliphatic rings. The predicted octanol–water partition coefficient (Wildman–Crippen LogP) is 6.93. The van der Waals surface area contributed by atoms with E-state index < -0.39 is 11.5 Å². The summed E-state index contributed by atoms with van der Waals surface area (Å²) in [6.45, 7) is 8.94. The van der Waals surface area contributed by atoms with Crippen LogP contribution < -0.4 is 15.4 Å². The second-order valence-corrected chi connectivity index (χ2v) is 11.5. The number of hydrogen-bond donors (Lipinski definition) is 2. The number of anilines is 3. The van der Waals surface area contributed by atoms with Gasteiger partial charge in [-0.3, -0.25) is 4.79 Å². The Hall–Kier alpha value is -3.37. The third kappa shape index (κ3) is 6.99. The maximum atomic E-state index is 12.9. The van der Waals surface area contributed by atoms with Gasteiger partial charge < -0.3 is 25.0 Å². The summed E-state index contributed by atoms with van der Waals surface area (Å²) in [5.74, 6) is 0.185. The van der Waals surface area contributed by atoms with Crippen LogP contribution in [0.3, 0.4) is 0 Å². The number of amides is 2. The van der Waals surface area contributed by atoms with Crippen molar-refractivity contribution in [2.75, 3.05) is 30.8 Å². The zero-order valence-corrected chi connectivity index (χ0v) is 24.8. The van der Waals surface area contributed by atoms with Crippen LogP contribution in [0.4, 0.5) is 22.1 Å². The molecule has 1 aromatic heterocycles. The Morgan fingerprint density at radius 2 is 1.97 bits per heavy atom. The van der Waals surface area contributed by atoms with Crippen molar-refractivity contribution in [3.63, 3.8) is 0 Å². The van der Waals surface area contributed by atoms with Gasteiger partial charge in [0.25, 0.3) is 5.91 Å². The molecule has 0 bridgehead atoms. The summed E-state index contributed by atoms with van der Waals surface area (Å²) in [6, 6.07) is 11.2. The van der Waals surface area contributed by atoms with Crippen LogP contribution in [0.2, 0.25) is 5.02 Å². The second kappa shape index (κ2) is 11.8. The highest BCUT2D eigenvalue weighted by Gasteiger charge is 2.31. The Kier molecular flexibility index (Phi) is 8.66. The first-order valence-corrected chi connectivity index (χ1v) is 13.6. The number of nitrogens with zero attached hydrogens (tertiary/aromatic N) is 3. The van der Waals surface area contributed by atoms with Crippen molar-refractivity contribution in [2.45, 2.75) is 45.6 Å². The summed E-state index contributed by atoms with van der Waals surface area (Å²) < 4.78 is 11.5. The molecule has 1 aliphatic heterocycles. The van der Waals surface area contributed by atoms with E-state index in [1.807, 2.05) is 39.8 Å². The van der Waals surface area contributed by atoms with Gasteiger partial charge in [-0.1, -0.05) is 23.7 Å². The lowest BCUT2D eigenvalue weighted by molar-refractivity contribution is 0.0292. The summed E-state index contributed by atoms with van der Waals surface area (Å²) in [6.07, 6.45) is 2.00. The van der Waals surface area contributed by atoms with Gasteiger partial charge in [-0.15, -0.1) is 0 Å². The molecule has 9 nitrogen and oxygen atoms in total. The van der Waals surface area contributed by atoms with Crippen molar-refractivity contribution in [1.82, 2.24) is 14.9 Å². The molecular formula is C28H31BrClN5O4. The highest BCUT2D eigenvalue weighted by atomic mass is 79.9. The van der Waals surface area contributed by atoms with Crippen LogP contribution in [0.1, 0.15) is 54.6 Å². The Morgan fingerprint density at radius 3 is 2.64 bits per heavy atom. The van der Waals surface area contributed by atoms with Crippen molar-refractivity contribution in [2.24, 2.45) is 0 Å². The first kappa shape index (κ1) is 28.6. The molecule has 0 saturated carbocycles. The standard InChI is InChI=1S/C28H31BrClN5O4/c1-16-13-18(9-10-19(16)17-11-12-35(15-17)27(37)39-28(2,3)4)32-26-31-14-20(25(34-26)38-5)24(36)33-23-21(29)7-6-8-22(23)30/h6-10,13-14,17H,11-12,15H2,1-5H3,(H,33,36)(H,31,32,34). The van der Waals surface area contributed by atoms with E-state index in [9.17, 15) is 9.59 Å². The van der Waals surface area contributed by atoms with Crippen LogP contribution >= 0.6 is 27.5 Å². The molecule has 1 atom stereocenters. The molecule has 2 heterocycles. The van der Waals surface area contributed by atoms with Gasteiger partial charge in [0.15, 0.2) is 0 Å². The molecule has 39 heavy (non-hydrogen) atoms. The highest BCUT2D eigenvalue weighted by Crippen LogP contribution is 2.33. The van der Waals surface area contributed by atoms with Crippen LogP contribution in [0.15, 0.2) is 47.1 Å². The number of aryl methyl sites for hydroxylation is 1. The number of ether oxygens (including phenoxy) is 2. The smallest absolute Gasteiger partial charge is 0.410 e. The predicted molar refractivity (Wildman–Crippen MR) is 155 cm³/mol. The average Bonchev–Trinajstić information content (AvgIpc) is 3.35. The molecule has 2 N–H and O–H groups in total. The molecule has 206 valence electrons. The van der Waals surface area contributed by atoms with E-state index in [0.717, 1.165) is 17.7 Å². The number of carbonyl (C=O) groups excluding carboxylic acids is 2. The van der Waals surface area contributed by atoms with Crippen LogP contribution in [-0.4, -0.2) is 52.7 Å². The third-order valence-corrected chi connectivity index (χ3v) is 7.17. The quantitative estimate of drug-likeness (QED) is 0.309. The number of halogens is 2. The fraction of sp³-hybridized carbons (Fsp3) is 0.357. The number of benzene rings is 2. The summed E-state index contributed by atoms with van der Waals surface area (Å²) in [5.41, 5.74) is 3.15. The molecule has 0 aliphatic carbocycles. The number of rotatable bonds is 6. The van der Waals surface area contributed by atoms with Crippen LogP contribution in [0.25, 0.3) is 0 Å². The van der Waals surface area contributed by atoms with Gasteiger partial charge in [-0.05, 0) is 85.4 Å². The largest absolute Gasteiger partial charge is 0.480 e. The first-order valence-electron chi connectivity index (χ1n) is 12.5. The van der Waals surface area contributed by atoms with Gasteiger partial charge in [-0.25, -0.2) is 9.78 Å². The van der Waals surface area contributed by atoms with Crippen molar-refractivity contribution in [3.05, 3.63) is 68.8 Å². The van der Waals surface area contributed by atoms with Gasteiger partial charge in [0.2, 0.25) is 11.8 Å². The molecule has 3 aromatic rings. The molecular weight excluding hydrogens is 586 g/mol. The van der Waals surface area contributed by atoms with E-state index in [1.165, 1.54) is 18.9 Å². The summed E-state index contributed by atoms with van der Waals surface area (Å²) in [4.78, 5) is 35.8. The molecule has 11 heteroatoms. The second-order valence-electron chi connectivity index (χ2n) is 10.3. The number of likely N-dealkylation sites (tertiary alicyclic amines) is 1. The highest BCUT2D eigenvalue weighted by molar-refractivity contribution is 9.10. The van der Waals surface area contributed by atoms with E-state index >= 15 is 0 Å². The number of aromatic nitrogens is 2. The van der Waals surface area contributed by atoms with E-state index in [1.54, 1.807) is 23.1 Å². The van der Waals surface area contributed by atoms with Crippen LogP contribution in [-0.2, 0) is 4.74 Å². The van der Waals surface area contributed by atoms with E-state index in [4.69, 9.17) is 21.1 Å². The molecule has 4 rings (SSSR count). The van der Waals surface area contributed by atoms with Crippen molar-refractivity contribution >= 4 is 56.9 Å². The minimum absolute atomic E-state index is 0.120. The lowest BCUT2D eigenvalue weighted by Crippen LogP contribution is -2.35. The Bertz CT molecular complexity index is 1370. The number of carbonyl (C=O) groups is 2. The van der Waals surface area contributed by atoms with Crippen molar-refractivity contribution in [1.29, 1.82) is 0 Å². The monoisotopic (exact) mass is 615 g/mol. The molecule has 2 aromatic carbocycles. The number of hydrogen-bond acceptors (Lipinski definition) is 7. The fourth-order valence-corrected chi connectivity index (χ4v) is 5.18. The molecule has 1 unspecified atom stereocenters. The topological polar surface area (TPSA) is 106 Å². The first-order chi connectivity index (χ1) is 18.4. The lowest BCUT2D eigenvalue weighted by atomic mass is 9.94. The summed E-state index contributed by atoms with van der Waals surface area (Å²) >= 11 is 9.61. The normalized spacial score (nSPS) is 15.2. The fourth-order valence-electron chi connectivity index (χ4n) is 4.38. The zero-order valence-electron chi connectivity index (χ0n) is 22.5. The summed E-state index contributed by atoms with van der Waals surface area (Å²) in [7, 11) is 1.44. The van der Waals surface area contributed by atoms with Gasteiger partial charge in [0.1, 0.15) is 11.2 Å². The maximum absolute atomic E-state index is 12.9. The van der Waals surface area contributed by atoms with Gasteiger partial charge >= 0.3 is 6.09 Å². The Labute approximate surface area is 241 Å².